The van der Waals surface area contributed by atoms with Crippen molar-refractivity contribution in [2.24, 2.45) is 0 Å². The molecule has 0 saturated heterocycles. The number of H-pyrrole nitrogens is 1. The predicted molar refractivity (Wildman–Crippen MR) is 56.0 cm³/mol. The van der Waals surface area contributed by atoms with Gasteiger partial charge in [0, 0.05) is 18.8 Å². The second-order valence-corrected chi connectivity index (χ2v) is 3.84. The Bertz CT molecular complexity index is 326. The molecule has 0 saturated carbocycles. The molecule has 0 fully saturated rings. The molecule has 3 N–H and O–H groups in total. The van der Waals surface area contributed by atoms with Gasteiger partial charge in [0.2, 0.25) is 0 Å². The Morgan fingerprint density at radius 3 is 2.40 bits per heavy atom. The van der Waals surface area contributed by atoms with Gasteiger partial charge in [0.25, 0.3) is 0 Å². The first-order valence-electron chi connectivity index (χ1n) is 4.61. The topological polar surface area (TPSA) is 103 Å². The monoisotopic (exact) mass is 236 g/mol. The number of imidazole rings is 1. The van der Waals surface area contributed by atoms with Gasteiger partial charge >= 0.3 is 10.4 Å². The van der Waals surface area contributed by atoms with Crippen LogP contribution in [0.15, 0.2) is 12.4 Å². The van der Waals surface area contributed by atoms with Crippen LogP contribution in [-0.4, -0.2) is 27.5 Å². The molecule has 15 heavy (non-hydrogen) atoms. The summed E-state index contributed by atoms with van der Waals surface area (Å²) >= 11 is 0. The van der Waals surface area contributed by atoms with Crippen LogP contribution >= 0.6 is 0 Å². The summed E-state index contributed by atoms with van der Waals surface area (Å²) in [7, 11) is -4.67. The van der Waals surface area contributed by atoms with Crippen molar-refractivity contribution in [3.8, 4) is 0 Å². The van der Waals surface area contributed by atoms with Gasteiger partial charge in [0.05, 0.1) is 0 Å². The SMILES string of the molecule is CCCCCc1ncc[nH]1.O=S(=O)(O)O. The lowest BCUT2D eigenvalue weighted by molar-refractivity contribution is 0.381. The van der Waals surface area contributed by atoms with E-state index in [2.05, 4.69) is 16.9 Å². The average molecular weight is 236 g/mol. The van der Waals surface area contributed by atoms with Gasteiger partial charge in [0.1, 0.15) is 5.82 Å². The summed E-state index contributed by atoms with van der Waals surface area (Å²) < 4.78 is 31.6. The third kappa shape index (κ3) is 13.1. The van der Waals surface area contributed by atoms with E-state index in [1.54, 1.807) is 6.20 Å². The summed E-state index contributed by atoms with van der Waals surface area (Å²) in [5.41, 5.74) is 0. The minimum atomic E-state index is -4.67. The van der Waals surface area contributed by atoms with E-state index in [1.165, 1.54) is 19.3 Å². The van der Waals surface area contributed by atoms with Crippen molar-refractivity contribution in [3.05, 3.63) is 18.2 Å². The Balaban J connectivity index is 0.000000336. The van der Waals surface area contributed by atoms with Crippen LogP contribution in [0.25, 0.3) is 0 Å². The van der Waals surface area contributed by atoms with Gasteiger partial charge in [-0.05, 0) is 6.42 Å². The Hall–Kier alpha value is -0.920. The Kier molecular flexibility index (Phi) is 6.93. The minimum Gasteiger partial charge on any atom is -0.349 e. The van der Waals surface area contributed by atoms with Gasteiger partial charge < -0.3 is 4.98 Å². The van der Waals surface area contributed by atoms with Crippen molar-refractivity contribution < 1.29 is 17.5 Å². The predicted octanol–water partition coefficient (Wildman–Crippen LogP) is 1.49. The maximum Gasteiger partial charge on any atom is 0.394 e. The van der Waals surface area contributed by atoms with Gasteiger partial charge in [-0.15, -0.1) is 0 Å². The van der Waals surface area contributed by atoms with Gasteiger partial charge in [-0.1, -0.05) is 19.8 Å². The molecule has 0 unspecified atom stereocenters. The molecule has 1 heterocycles. The van der Waals surface area contributed by atoms with Gasteiger partial charge in [0.15, 0.2) is 0 Å². The highest BCUT2D eigenvalue weighted by Crippen LogP contribution is 2.00. The molecule has 0 atom stereocenters. The number of nitrogens with zero attached hydrogens (tertiary/aromatic N) is 1. The summed E-state index contributed by atoms with van der Waals surface area (Å²) in [6, 6.07) is 0. The molecule has 0 radical (unpaired) electrons. The zero-order valence-corrected chi connectivity index (χ0v) is 9.37. The van der Waals surface area contributed by atoms with Crippen molar-refractivity contribution in [3.63, 3.8) is 0 Å². The average Bonchev–Trinajstić information content (AvgIpc) is 2.54. The van der Waals surface area contributed by atoms with Crippen LogP contribution in [0, 0.1) is 0 Å². The molecule has 0 aliphatic heterocycles. The van der Waals surface area contributed by atoms with Crippen LogP contribution < -0.4 is 0 Å². The maximum absolute atomic E-state index is 8.74. The molecule has 88 valence electrons. The largest absolute Gasteiger partial charge is 0.394 e. The van der Waals surface area contributed by atoms with E-state index in [0.29, 0.717) is 0 Å². The minimum absolute atomic E-state index is 1.10. The van der Waals surface area contributed by atoms with Crippen molar-refractivity contribution in [1.82, 2.24) is 9.97 Å². The van der Waals surface area contributed by atoms with E-state index in [4.69, 9.17) is 17.5 Å². The van der Waals surface area contributed by atoms with Gasteiger partial charge in [-0.2, -0.15) is 8.42 Å². The quantitative estimate of drug-likeness (QED) is 0.542. The summed E-state index contributed by atoms with van der Waals surface area (Å²) in [6.45, 7) is 2.21. The fourth-order valence-electron chi connectivity index (χ4n) is 0.977. The molecular weight excluding hydrogens is 220 g/mol. The maximum atomic E-state index is 8.74. The molecule has 0 amide bonds. The number of hydrogen-bond acceptors (Lipinski definition) is 3. The van der Waals surface area contributed by atoms with Crippen molar-refractivity contribution in [2.45, 2.75) is 32.6 Å². The number of aryl methyl sites for hydroxylation is 1. The molecule has 0 aliphatic rings. The van der Waals surface area contributed by atoms with Crippen LogP contribution in [0.5, 0.6) is 0 Å². The third-order valence-electron chi connectivity index (χ3n) is 1.57. The summed E-state index contributed by atoms with van der Waals surface area (Å²) in [5, 5.41) is 0. The smallest absolute Gasteiger partial charge is 0.349 e. The summed E-state index contributed by atoms with van der Waals surface area (Å²) in [4.78, 5) is 7.22. The van der Waals surface area contributed by atoms with Crippen molar-refractivity contribution >= 4 is 10.4 Å². The van der Waals surface area contributed by atoms with Crippen LogP contribution in [0.1, 0.15) is 32.0 Å². The lowest BCUT2D eigenvalue weighted by Gasteiger charge is -1.93. The molecular formula is C8H16N2O4S. The van der Waals surface area contributed by atoms with E-state index >= 15 is 0 Å². The van der Waals surface area contributed by atoms with Gasteiger partial charge in [-0.25, -0.2) is 4.98 Å². The van der Waals surface area contributed by atoms with Crippen molar-refractivity contribution in [2.75, 3.05) is 0 Å². The molecule has 7 heteroatoms. The summed E-state index contributed by atoms with van der Waals surface area (Å²) in [6.07, 6.45) is 8.62. The van der Waals surface area contributed by atoms with E-state index in [-0.39, 0.29) is 0 Å². The highest BCUT2D eigenvalue weighted by Gasteiger charge is 1.91. The number of nitrogens with one attached hydrogen (secondary N) is 1. The molecule has 0 bridgehead atoms. The number of aromatic nitrogens is 2. The Morgan fingerprint density at radius 1 is 1.40 bits per heavy atom. The first-order chi connectivity index (χ1) is 6.93. The lowest BCUT2D eigenvalue weighted by Crippen LogP contribution is -1.89. The molecule has 1 rings (SSSR count). The first-order valence-corrected chi connectivity index (χ1v) is 6.01. The number of unbranched alkanes of at least 4 members (excludes halogenated alkanes) is 2. The molecule has 1 aromatic heterocycles. The van der Waals surface area contributed by atoms with Crippen LogP contribution in [-0.2, 0) is 16.8 Å². The second kappa shape index (κ2) is 7.38. The van der Waals surface area contributed by atoms with Crippen LogP contribution in [0.4, 0.5) is 0 Å². The molecule has 1 aromatic rings. The standard InChI is InChI=1S/C8H14N2.H2O4S/c1-2-3-4-5-8-9-6-7-10-8;1-5(2,3)4/h6-7H,2-5H2,1H3,(H,9,10);(H2,1,2,3,4). The number of rotatable bonds is 4. The van der Waals surface area contributed by atoms with Crippen molar-refractivity contribution in [1.29, 1.82) is 0 Å². The molecule has 0 aliphatic carbocycles. The molecule has 6 nitrogen and oxygen atoms in total. The Morgan fingerprint density at radius 2 is 2.00 bits per heavy atom. The number of hydrogen-bond donors (Lipinski definition) is 3. The van der Waals surface area contributed by atoms with Gasteiger partial charge in [-0.3, -0.25) is 9.11 Å². The first kappa shape index (κ1) is 14.1. The highest BCUT2D eigenvalue weighted by molar-refractivity contribution is 7.79. The van der Waals surface area contributed by atoms with E-state index in [1.807, 2.05) is 6.20 Å². The normalized spacial score (nSPS) is 10.6. The third-order valence-corrected chi connectivity index (χ3v) is 1.57. The van der Waals surface area contributed by atoms with Crippen LogP contribution in [0.2, 0.25) is 0 Å². The second-order valence-electron chi connectivity index (χ2n) is 2.94. The molecule has 0 spiro atoms. The van der Waals surface area contributed by atoms with E-state index in [0.717, 1.165) is 12.2 Å². The fourth-order valence-corrected chi connectivity index (χ4v) is 0.977. The summed E-state index contributed by atoms with van der Waals surface area (Å²) in [5.74, 6) is 1.12. The van der Waals surface area contributed by atoms with E-state index in [9.17, 15) is 0 Å². The molecule has 0 aromatic carbocycles. The highest BCUT2D eigenvalue weighted by atomic mass is 32.3. The zero-order chi connectivity index (χ0) is 11.7. The lowest BCUT2D eigenvalue weighted by atomic mass is 10.2. The Labute approximate surface area is 89.3 Å². The number of aromatic amines is 1. The van der Waals surface area contributed by atoms with Crippen LogP contribution in [0.3, 0.4) is 0 Å². The van der Waals surface area contributed by atoms with E-state index < -0.39 is 10.4 Å². The zero-order valence-electron chi connectivity index (χ0n) is 8.55. The fraction of sp³-hybridized carbons (Fsp3) is 0.625.